The fourth-order valence-corrected chi connectivity index (χ4v) is 3.14. The zero-order chi connectivity index (χ0) is 19.8. The molecule has 1 aromatic carbocycles. The van der Waals surface area contributed by atoms with Crippen molar-refractivity contribution in [2.45, 2.75) is 19.3 Å². The predicted molar refractivity (Wildman–Crippen MR) is 109 cm³/mol. The van der Waals surface area contributed by atoms with Crippen LogP contribution in [0.4, 0.5) is 11.4 Å². The Balaban J connectivity index is 1.58. The van der Waals surface area contributed by atoms with Crippen molar-refractivity contribution in [2.75, 3.05) is 43.6 Å². The zero-order valence-electron chi connectivity index (χ0n) is 16.1. The third-order valence-electron chi connectivity index (χ3n) is 4.66. The molecule has 2 aromatic rings. The Kier molecular flexibility index (Phi) is 6.97. The maximum atomic E-state index is 12.5. The number of hydrogen-bond donors (Lipinski definition) is 2. The Morgan fingerprint density at radius 2 is 1.86 bits per heavy atom. The van der Waals surface area contributed by atoms with Crippen LogP contribution in [0.25, 0.3) is 0 Å². The van der Waals surface area contributed by atoms with E-state index in [1.807, 2.05) is 24.3 Å². The van der Waals surface area contributed by atoms with Crippen molar-refractivity contribution in [1.82, 2.24) is 10.3 Å². The molecule has 1 saturated heterocycles. The molecule has 0 bridgehead atoms. The van der Waals surface area contributed by atoms with Crippen LogP contribution in [-0.2, 0) is 4.74 Å². The molecule has 148 valence electrons. The smallest absolute Gasteiger partial charge is 0.274 e. The highest BCUT2D eigenvalue weighted by molar-refractivity contribution is 6.04. The predicted octanol–water partition coefficient (Wildman–Crippen LogP) is 2.70. The van der Waals surface area contributed by atoms with Crippen LogP contribution < -0.4 is 15.5 Å². The molecular formula is C21H26N4O3. The molecule has 28 heavy (non-hydrogen) atoms. The van der Waals surface area contributed by atoms with Gasteiger partial charge < -0.3 is 20.3 Å². The topological polar surface area (TPSA) is 83.6 Å². The standard InChI is InChI=1S/C21H26N4O3/c1-28-14-4-10-23-20(26)16-9-11-22-19(15-16)21(27)24-17-5-7-18(8-6-17)25-12-2-3-13-25/h5-9,11,15H,2-4,10,12-14H2,1H3,(H,23,26)(H,24,27). The largest absolute Gasteiger partial charge is 0.385 e. The van der Waals surface area contributed by atoms with Crippen molar-refractivity contribution in [3.05, 3.63) is 53.9 Å². The van der Waals surface area contributed by atoms with E-state index in [1.54, 1.807) is 13.2 Å². The van der Waals surface area contributed by atoms with Crippen LogP contribution in [0.2, 0.25) is 0 Å². The van der Waals surface area contributed by atoms with Gasteiger partial charge in [0.2, 0.25) is 0 Å². The Hall–Kier alpha value is -2.93. The van der Waals surface area contributed by atoms with Crippen LogP contribution in [-0.4, -0.2) is 50.1 Å². The summed E-state index contributed by atoms with van der Waals surface area (Å²) in [6.45, 7) is 3.26. The van der Waals surface area contributed by atoms with Crippen LogP contribution in [0.3, 0.4) is 0 Å². The number of benzene rings is 1. The van der Waals surface area contributed by atoms with Crippen LogP contribution >= 0.6 is 0 Å². The molecule has 7 nitrogen and oxygen atoms in total. The molecule has 7 heteroatoms. The molecule has 3 rings (SSSR count). The van der Waals surface area contributed by atoms with Gasteiger partial charge in [-0.3, -0.25) is 14.6 Å². The average molecular weight is 382 g/mol. The first-order valence-electron chi connectivity index (χ1n) is 9.57. The lowest BCUT2D eigenvalue weighted by Crippen LogP contribution is -2.25. The van der Waals surface area contributed by atoms with Crippen molar-refractivity contribution in [3.8, 4) is 0 Å². The Morgan fingerprint density at radius 3 is 2.57 bits per heavy atom. The first kappa shape index (κ1) is 19.8. The van der Waals surface area contributed by atoms with Gasteiger partial charge in [0.1, 0.15) is 5.69 Å². The van der Waals surface area contributed by atoms with Gasteiger partial charge in [0, 0.05) is 56.5 Å². The van der Waals surface area contributed by atoms with E-state index in [0.717, 1.165) is 19.5 Å². The highest BCUT2D eigenvalue weighted by atomic mass is 16.5. The highest BCUT2D eigenvalue weighted by Crippen LogP contribution is 2.22. The van der Waals surface area contributed by atoms with Gasteiger partial charge in [-0.15, -0.1) is 0 Å². The number of pyridine rings is 1. The highest BCUT2D eigenvalue weighted by Gasteiger charge is 2.14. The molecule has 1 fully saturated rings. The fourth-order valence-electron chi connectivity index (χ4n) is 3.14. The second-order valence-corrected chi connectivity index (χ2v) is 6.73. The second-order valence-electron chi connectivity index (χ2n) is 6.73. The van der Waals surface area contributed by atoms with Crippen LogP contribution in [0.1, 0.15) is 40.1 Å². The quantitative estimate of drug-likeness (QED) is 0.686. The minimum Gasteiger partial charge on any atom is -0.385 e. The number of anilines is 2. The molecule has 0 aliphatic carbocycles. The summed E-state index contributed by atoms with van der Waals surface area (Å²) in [6.07, 6.45) is 4.64. The molecule has 0 radical (unpaired) electrons. The SMILES string of the molecule is COCCCNC(=O)c1ccnc(C(=O)Nc2ccc(N3CCCC3)cc2)c1. The number of nitrogens with one attached hydrogen (secondary N) is 2. The van der Waals surface area contributed by atoms with Crippen molar-refractivity contribution in [3.63, 3.8) is 0 Å². The van der Waals surface area contributed by atoms with Gasteiger partial charge >= 0.3 is 0 Å². The van der Waals surface area contributed by atoms with Gasteiger partial charge in [0.15, 0.2) is 0 Å². The average Bonchev–Trinajstić information content (AvgIpc) is 3.26. The van der Waals surface area contributed by atoms with Gasteiger partial charge in [-0.1, -0.05) is 0 Å². The number of aromatic nitrogens is 1. The fraction of sp³-hybridized carbons (Fsp3) is 0.381. The molecule has 2 heterocycles. The number of carbonyl (C=O) groups excluding carboxylic acids is 2. The van der Waals surface area contributed by atoms with E-state index in [2.05, 4.69) is 20.5 Å². The molecule has 1 aliphatic heterocycles. The second kappa shape index (κ2) is 9.85. The Morgan fingerprint density at radius 1 is 1.11 bits per heavy atom. The van der Waals surface area contributed by atoms with E-state index >= 15 is 0 Å². The number of hydrogen-bond acceptors (Lipinski definition) is 5. The summed E-state index contributed by atoms with van der Waals surface area (Å²) in [5.74, 6) is -0.578. The van der Waals surface area contributed by atoms with E-state index in [4.69, 9.17) is 4.74 Å². The van der Waals surface area contributed by atoms with Crippen LogP contribution in [0.15, 0.2) is 42.6 Å². The zero-order valence-corrected chi connectivity index (χ0v) is 16.1. The van der Waals surface area contributed by atoms with E-state index in [-0.39, 0.29) is 17.5 Å². The van der Waals surface area contributed by atoms with Gasteiger partial charge in [0.25, 0.3) is 11.8 Å². The molecule has 0 saturated carbocycles. The van der Waals surface area contributed by atoms with Gasteiger partial charge in [-0.25, -0.2) is 0 Å². The van der Waals surface area contributed by atoms with Crippen molar-refractivity contribution < 1.29 is 14.3 Å². The molecule has 1 aliphatic rings. The van der Waals surface area contributed by atoms with E-state index in [9.17, 15) is 9.59 Å². The summed E-state index contributed by atoms with van der Waals surface area (Å²) in [7, 11) is 1.62. The molecule has 0 atom stereocenters. The van der Waals surface area contributed by atoms with Crippen LogP contribution in [0, 0.1) is 0 Å². The molecule has 2 N–H and O–H groups in total. The summed E-state index contributed by atoms with van der Waals surface area (Å²) >= 11 is 0. The lowest BCUT2D eigenvalue weighted by molar-refractivity contribution is 0.0948. The van der Waals surface area contributed by atoms with Crippen LogP contribution in [0.5, 0.6) is 0 Å². The van der Waals surface area contributed by atoms with Crippen molar-refractivity contribution in [1.29, 1.82) is 0 Å². The third-order valence-corrected chi connectivity index (χ3v) is 4.66. The van der Waals surface area contributed by atoms with Gasteiger partial charge in [-0.05, 0) is 55.7 Å². The lowest BCUT2D eigenvalue weighted by Gasteiger charge is -2.17. The number of carbonyl (C=O) groups is 2. The number of methoxy groups -OCH3 is 1. The van der Waals surface area contributed by atoms with E-state index in [0.29, 0.717) is 24.4 Å². The lowest BCUT2D eigenvalue weighted by atomic mass is 10.2. The monoisotopic (exact) mass is 382 g/mol. The summed E-state index contributed by atoms with van der Waals surface area (Å²) in [5, 5.41) is 5.63. The normalized spacial score (nSPS) is 13.4. The number of ether oxygens (including phenoxy) is 1. The first-order chi connectivity index (χ1) is 13.7. The molecule has 0 spiro atoms. The van der Waals surface area contributed by atoms with Gasteiger partial charge in [-0.2, -0.15) is 0 Å². The third kappa shape index (κ3) is 5.29. The van der Waals surface area contributed by atoms with E-state index < -0.39 is 0 Å². The maximum Gasteiger partial charge on any atom is 0.274 e. The van der Waals surface area contributed by atoms with Crippen molar-refractivity contribution >= 4 is 23.2 Å². The molecule has 2 amide bonds. The number of amides is 2. The molecule has 0 unspecified atom stereocenters. The number of nitrogens with zero attached hydrogens (tertiary/aromatic N) is 2. The summed E-state index contributed by atoms with van der Waals surface area (Å²) in [6, 6.07) is 10.9. The van der Waals surface area contributed by atoms with E-state index in [1.165, 1.54) is 30.8 Å². The summed E-state index contributed by atoms with van der Waals surface area (Å²) in [5.41, 5.74) is 2.47. The van der Waals surface area contributed by atoms with Crippen molar-refractivity contribution in [2.24, 2.45) is 0 Å². The molecule has 1 aromatic heterocycles. The Labute approximate surface area is 165 Å². The molecular weight excluding hydrogens is 356 g/mol. The van der Waals surface area contributed by atoms with Gasteiger partial charge in [0.05, 0.1) is 0 Å². The summed E-state index contributed by atoms with van der Waals surface area (Å²) < 4.78 is 4.96. The minimum absolute atomic E-state index is 0.202. The number of rotatable bonds is 8. The first-order valence-corrected chi connectivity index (χ1v) is 9.57. The minimum atomic E-state index is -0.344. The summed E-state index contributed by atoms with van der Waals surface area (Å²) in [4.78, 5) is 31.1. The Bertz CT molecular complexity index is 802. The maximum absolute atomic E-state index is 12.5.